The quantitative estimate of drug-likeness (QED) is 0.566. The lowest BCUT2D eigenvalue weighted by molar-refractivity contribution is 0.102. The largest absolute Gasteiger partial charge is 0.497 e. The number of amides is 1. The predicted octanol–water partition coefficient (Wildman–Crippen LogP) is 4.01. The molecule has 0 aliphatic carbocycles. The topological polar surface area (TPSA) is 81.4 Å². The molecule has 0 fully saturated rings. The fraction of sp³-hybridized carbons (Fsp3) is 0.100. The Morgan fingerprint density at radius 3 is 2.64 bits per heavy atom. The number of hydrogen-bond donors (Lipinski definition) is 1. The second kappa shape index (κ2) is 7.28. The van der Waals surface area contributed by atoms with Gasteiger partial charge >= 0.3 is 0 Å². The first-order valence-corrected chi connectivity index (χ1v) is 8.86. The minimum Gasteiger partial charge on any atom is -0.497 e. The van der Waals surface area contributed by atoms with Gasteiger partial charge in [-0.05, 0) is 48.9 Å². The Bertz CT molecular complexity index is 1170. The first-order chi connectivity index (χ1) is 13.6. The number of ether oxygens (including phenoxy) is 1. The lowest BCUT2D eigenvalue weighted by atomic mass is 10.2. The van der Waals surface area contributed by atoms with E-state index in [0.29, 0.717) is 27.9 Å². The van der Waals surface area contributed by atoms with Crippen LogP contribution in [0.25, 0.3) is 17.0 Å². The number of carbonyl (C=O) groups is 1. The summed E-state index contributed by atoms with van der Waals surface area (Å²) in [5.41, 5.74) is 3.01. The molecule has 0 aliphatic heterocycles. The zero-order valence-corrected chi connectivity index (χ0v) is 15.9. The minimum atomic E-state index is -0.335. The molecule has 0 aliphatic rings. The number of methoxy groups -OCH3 is 1. The fourth-order valence-electron chi connectivity index (χ4n) is 2.87. The summed E-state index contributed by atoms with van der Waals surface area (Å²) in [5.74, 6) is 0.930. The van der Waals surface area contributed by atoms with E-state index in [1.165, 1.54) is 6.20 Å². The highest BCUT2D eigenvalue weighted by Crippen LogP contribution is 2.25. The van der Waals surface area contributed by atoms with Crippen molar-refractivity contribution in [3.05, 3.63) is 71.1 Å². The molecule has 8 heteroatoms. The average molecular weight is 394 g/mol. The maximum Gasteiger partial charge on any atom is 0.274 e. The zero-order chi connectivity index (χ0) is 19.7. The molecule has 1 N–H and O–H groups in total. The van der Waals surface area contributed by atoms with Crippen LogP contribution in [0.15, 0.2) is 54.9 Å². The van der Waals surface area contributed by atoms with Gasteiger partial charge in [-0.3, -0.25) is 14.2 Å². The number of anilines is 1. The molecule has 2 aromatic carbocycles. The Balaban J connectivity index is 1.77. The summed E-state index contributed by atoms with van der Waals surface area (Å²) in [4.78, 5) is 17.1. The Labute approximate surface area is 166 Å². The van der Waals surface area contributed by atoms with E-state index in [4.69, 9.17) is 16.3 Å². The molecule has 0 bridgehead atoms. The van der Waals surface area contributed by atoms with Crippen LogP contribution in [0, 0.1) is 6.92 Å². The number of hydrogen-bond acceptors (Lipinski definition) is 5. The second-order valence-corrected chi connectivity index (χ2v) is 6.51. The van der Waals surface area contributed by atoms with E-state index >= 15 is 0 Å². The summed E-state index contributed by atoms with van der Waals surface area (Å²) >= 11 is 6.15. The molecule has 1 amide bonds. The van der Waals surface area contributed by atoms with Crippen LogP contribution in [0.4, 0.5) is 5.69 Å². The van der Waals surface area contributed by atoms with Gasteiger partial charge in [0.25, 0.3) is 5.91 Å². The normalized spacial score (nSPS) is 10.8. The first kappa shape index (κ1) is 17.9. The van der Waals surface area contributed by atoms with Crippen LogP contribution in [-0.2, 0) is 0 Å². The van der Waals surface area contributed by atoms with Gasteiger partial charge in [0.05, 0.1) is 19.5 Å². The predicted molar refractivity (Wildman–Crippen MR) is 107 cm³/mol. The molecule has 140 valence electrons. The molecule has 7 nitrogen and oxygen atoms in total. The van der Waals surface area contributed by atoms with E-state index in [1.54, 1.807) is 35.9 Å². The van der Waals surface area contributed by atoms with Crippen molar-refractivity contribution in [3.63, 3.8) is 0 Å². The van der Waals surface area contributed by atoms with Crippen LogP contribution in [0.5, 0.6) is 5.75 Å². The van der Waals surface area contributed by atoms with Crippen molar-refractivity contribution in [2.75, 3.05) is 12.4 Å². The van der Waals surface area contributed by atoms with Crippen molar-refractivity contribution in [1.82, 2.24) is 19.6 Å². The summed E-state index contributed by atoms with van der Waals surface area (Å²) in [6.07, 6.45) is 3.04. The highest BCUT2D eigenvalue weighted by atomic mass is 35.5. The molecule has 0 radical (unpaired) electrons. The first-order valence-electron chi connectivity index (χ1n) is 8.48. The SMILES string of the molecule is COc1ccc(-c2nnc3cncc(C(=O)Nc4cccc(Cl)c4C)n23)cc1. The molecule has 0 spiro atoms. The second-order valence-electron chi connectivity index (χ2n) is 6.10. The van der Waals surface area contributed by atoms with E-state index < -0.39 is 0 Å². The fourth-order valence-corrected chi connectivity index (χ4v) is 3.04. The van der Waals surface area contributed by atoms with Crippen molar-refractivity contribution < 1.29 is 9.53 Å². The zero-order valence-electron chi connectivity index (χ0n) is 15.2. The van der Waals surface area contributed by atoms with Gasteiger partial charge in [-0.15, -0.1) is 10.2 Å². The summed E-state index contributed by atoms with van der Waals surface area (Å²) in [6.45, 7) is 1.85. The molecular weight excluding hydrogens is 378 g/mol. The van der Waals surface area contributed by atoms with Gasteiger partial charge in [0.1, 0.15) is 11.4 Å². The van der Waals surface area contributed by atoms with Gasteiger partial charge in [0.2, 0.25) is 0 Å². The van der Waals surface area contributed by atoms with E-state index in [0.717, 1.165) is 16.9 Å². The molecule has 0 unspecified atom stereocenters. The lowest BCUT2D eigenvalue weighted by Gasteiger charge is -2.11. The summed E-state index contributed by atoms with van der Waals surface area (Å²) in [7, 11) is 1.60. The molecule has 0 saturated carbocycles. The third-order valence-corrected chi connectivity index (χ3v) is 4.82. The van der Waals surface area contributed by atoms with Crippen LogP contribution in [0.1, 0.15) is 16.1 Å². The molecule has 0 saturated heterocycles. The van der Waals surface area contributed by atoms with Gasteiger partial charge in [0.15, 0.2) is 11.5 Å². The molecular formula is C20H16ClN5O2. The number of rotatable bonds is 4. The van der Waals surface area contributed by atoms with Gasteiger partial charge in [-0.2, -0.15) is 0 Å². The molecule has 4 rings (SSSR count). The van der Waals surface area contributed by atoms with Gasteiger partial charge < -0.3 is 10.1 Å². The van der Waals surface area contributed by atoms with Crippen LogP contribution in [0.2, 0.25) is 5.02 Å². The molecule has 0 atom stereocenters. The van der Waals surface area contributed by atoms with E-state index in [-0.39, 0.29) is 5.91 Å². The Kier molecular flexibility index (Phi) is 4.67. The van der Waals surface area contributed by atoms with E-state index in [1.807, 2.05) is 31.2 Å². The Morgan fingerprint density at radius 1 is 1.11 bits per heavy atom. The maximum absolute atomic E-state index is 13.0. The van der Waals surface area contributed by atoms with Crippen molar-refractivity contribution in [1.29, 1.82) is 0 Å². The summed E-state index contributed by atoms with van der Waals surface area (Å²) in [5, 5.41) is 11.8. The summed E-state index contributed by atoms with van der Waals surface area (Å²) in [6, 6.07) is 12.7. The molecule has 2 aromatic heterocycles. The molecule has 28 heavy (non-hydrogen) atoms. The van der Waals surface area contributed by atoms with Crippen LogP contribution >= 0.6 is 11.6 Å². The van der Waals surface area contributed by atoms with Crippen LogP contribution < -0.4 is 10.1 Å². The number of halogens is 1. The smallest absolute Gasteiger partial charge is 0.274 e. The van der Waals surface area contributed by atoms with Crippen LogP contribution in [0.3, 0.4) is 0 Å². The number of aromatic nitrogens is 4. The number of fused-ring (bicyclic) bond motifs is 1. The Morgan fingerprint density at radius 2 is 1.89 bits per heavy atom. The number of carbonyl (C=O) groups excluding carboxylic acids is 1. The van der Waals surface area contributed by atoms with Crippen molar-refractivity contribution in [2.45, 2.75) is 6.92 Å². The Hall–Kier alpha value is -3.45. The van der Waals surface area contributed by atoms with Gasteiger partial charge in [-0.25, -0.2) is 0 Å². The lowest BCUT2D eigenvalue weighted by Crippen LogP contribution is -2.17. The molecule has 2 heterocycles. The highest BCUT2D eigenvalue weighted by Gasteiger charge is 2.18. The third-order valence-electron chi connectivity index (χ3n) is 4.41. The average Bonchev–Trinajstić information content (AvgIpc) is 3.15. The minimum absolute atomic E-state index is 0.313. The maximum atomic E-state index is 13.0. The standard InChI is InChI=1S/C20H16ClN5O2/c1-12-15(21)4-3-5-16(12)23-20(27)17-10-22-11-18-24-25-19(26(17)18)13-6-8-14(28-2)9-7-13/h3-11H,1-2H3,(H,23,27). The van der Waals surface area contributed by atoms with E-state index in [9.17, 15) is 4.79 Å². The van der Waals surface area contributed by atoms with Crippen LogP contribution in [-0.4, -0.2) is 32.6 Å². The van der Waals surface area contributed by atoms with Crippen molar-refractivity contribution >= 4 is 28.8 Å². The molecule has 4 aromatic rings. The third kappa shape index (κ3) is 3.16. The summed E-state index contributed by atoms with van der Waals surface area (Å²) < 4.78 is 6.87. The number of benzene rings is 2. The monoisotopic (exact) mass is 393 g/mol. The number of nitrogens with one attached hydrogen (secondary N) is 1. The van der Waals surface area contributed by atoms with Crippen molar-refractivity contribution in [3.8, 4) is 17.1 Å². The van der Waals surface area contributed by atoms with Gasteiger partial charge in [-0.1, -0.05) is 17.7 Å². The van der Waals surface area contributed by atoms with E-state index in [2.05, 4.69) is 20.5 Å². The van der Waals surface area contributed by atoms with Crippen molar-refractivity contribution in [2.24, 2.45) is 0 Å². The number of nitrogens with zero attached hydrogens (tertiary/aromatic N) is 4. The highest BCUT2D eigenvalue weighted by molar-refractivity contribution is 6.31. The van der Waals surface area contributed by atoms with Gasteiger partial charge in [0, 0.05) is 16.3 Å².